The Balaban J connectivity index is 1.93. The summed E-state index contributed by atoms with van der Waals surface area (Å²) in [4.78, 5) is 16.3. The van der Waals surface area contributed by atoms with Crippen LogP contribution in [0.1, 0.15) is 30.9 Å². The number of thioether (sulfide) groups is 1. The zero-order valence-electron chi connectivity index (χ0n) is 12.5. The van der Waals surface area contributed by atoms with E-state index in [1.807, 2.05) is 31.2 Å². The predicted molar refractivity (Wildman–Crippen MR) is 91.1 cm³/mol. The third kappa shape index (κ3) is 2.74. The van der Waals surface area contributed by atoms with Crippen molar-refractivity contribution in [3.8, 4) is 0 Å². The Labute approximate surface area is 133 Å². The molecule has 0 spiro atoms. The van der Waals surface area contributed by atoms with Crippen molar-refractivity contribution in [1.29, 1.82) is 5.41 Å². The quantitative estimate of drug-likeness (QED) is 0.870. The van der Waals surface area contributed by atoms with Crippen molar-refractivity contribution in [2.75, 3.05) is 0 Å². The van der Waals surface area contributed by atoms with Crippen LogP contribution < -0.4 is 0 Å². The van der Waals surface area contributed by atoms with Crippen LogP contribution in [-0.4, -0.2) is 27.0 Å². The van der Waals surface area contributed by atoms with Crippen LogP contribution in [0.4, 0.5) is 0 Å². The molecule has 2 aliphatic rings. The van der Waals surface area contributed by atoms with Crippen molar-refractivity contribution >= 4 is 39.8 Å². The van der Waals surface area contributed by atoms with Gasteiger partial charge < -0.3 is 0 Å². The summed E-state index contributed by atoms with van der Waals surface area (Å²) in [6.45, 7) is 4.08. The molecule has 112 valence electrons. The number of amidine groups is 2. The Morgan fingerprint density at radius 1 is 1.32 bits per heavy atom. The maximum atomic E-state index is 12.2. The van der Waals surface area contributed by atoms with Gasteiger partial charge in [0.05, 0.1) is 5.57 Å². The first-order valence-electron chi connectivity index (χ1n) is 7.14. The summed E-state index contributed by atoms with van der Waals surface area (Å²) in [6.07, 6.45) is 3.50. The van der Waals surface area contributed by atoms with E-state index in [-0.39, 0.29) is 17.3 Å². The summed E-state index contributed by atoms with van der Waals surface area (Å²) in [6, 6.07) is 7.79. The lowest BCUT2D eigenvalue weighted by atomic mass is 10.1. The number of hydrazone groups is 1. The zero-order chi connectivity index (χ0) is 15.7. The lowest BCUT2D eigenvalue weighted by Gasteiger charge is -2.20. The Morgan fingerprint density at radius 3 is 2.73 bits per heavy atom. The van der Waals surface area contributed by atoms with E-state index in [9.17, 15) is 4.79 Å². The van der Waals surface area contributed by atoms with Gasteiger partial charge in [-0.1, -0.05) is 36.8 Å². The van der Waals surface area contributed by atoms with Crippen molar-refractivity contribution in [3.63, 3.8) is 0 Å². The Morgan fingerprint density at radius 2 is 2.05 bits per heavy atom. The Bertz CT molecular complexity index is 731. The van der Waals surface area contributed by atoms with Crippen LogP contribution in [-0.2, 0) is 4.79 Å². The number of benzene rings is 1. The van der Waals surface area contributed by atoms with E-state index >= 15 is 0 Å². The molecule has 0 unspecified atom stereocenters. The van der Waals surface area contributed by atoms with Gasteiger partial charge in [0.1, 0.15) is 5.04 Å². The van der Waals surface area contributed by atoms with E-state index in [0.29, 0.717) is 5.17 Å². The first-order valence-corrected chi connectivity index (χ1v) is 7.96. The summed E-state index contributed by atoms with van der Waals surface area (Å²) in [5.41, 5.74) is 2.30. The highest BCUT2D eigenvalue weighted by atomic mass is 32.2. The molecular formula is C16H16N4OS. The largest absolute Gasteiger partial charge is 0.283 e. The average Bonchev–Trinajstić information content (AvgIpc) is 2.88. The molecule has 5 nitrogen and oxygen atoms in total. The van der Waals surface area contributed by atoms with Crippen LogP contribution in [0.3, 0.4) is 0 Å². The molecule has 0 saturated carbocycles. The van der Waals surface area contributed by atoms with E-state index < -0.39 is 0 Å². The van der Waals surface area contributed by atoms with Crippen LogP contribution in [0.15, 0.2) is 39.9 Å². The standard InChI is InChI=1S/C16H16N4OS/c1-3-4-13-19-20-14(17)12(15(21)18-16(20)22-13)9-11-7-5-10(2)6-8-11/h5-9,17H,3-4H2,1-2H3/b12-9-,17-14?. The van der Waals surface area contributed by atoms with Crippen molar-refractivity contribution < 1.29 is 4.79 Å². The first kappa shape index (κ1) is 14.7. The zero-order valence-corrected chi connectivity index (χ0v) is 13.3. The highest BCUT2D eigenvalue weighted by Crippen LogP contribution is 2.29. The van der Waals surface area contributed by atoms with Gasteiger partial charge in [-0.15, -0.1) is 0 Å². The fourth-order valence-electron chi connectivity index (χ4n) is 2.18. The highest BCUT2D eigenvalue weighted by Gasteiger charge is 2.35. The molecule has 0 radical (unpaired) electrons. The van der Waals surface area contributed by atoms with Gasteiger partial charge in [0.25, 0.3) is 5.91 Å². The van der Waals surface area contributed by atoms with Gasteiger partial charge in [-0.25, -0.2) is 0 Å². The Hall–Kier alpha value is -2.21. The molecule has 1 amide bonds. The van der Waals surface area contributed by atoms with E-state index in [1.165, 1.54) is 16.8 Å². The number of hydrogen-bond donors (Lipinski definition) is 1. The number of nitrogens with zero attached hydrogens (tertiary/aromatic N) is 3. The van der Waals surface area contributed by atoms with Gasteiger partial charge >= 0.3 is 0 Å². The number of aliphatic imine (C=N–C) groups is 1. The summed E-state index contributed by atoms with van der Waals surface area (Å²) >= 11 is 1.37. The third-order valence-corrected chi connectivity index (χ3v) is 4.32. The van der Waals surface area contributed by atoms with Crippen LogP contribution in [0, 0.1) is 12.3 Å². The molecule has 1 aromatic rings. The molecule has 0 saturated heterocycles. The minimum absolute atomic E-state index is 0.0918. The third-order valence-electron chi connectivity index (χ3n) is 3.35. The van der Waals surface area contributed by atoms with Gasteiger partial charge in [0.15, 0.2) is 5.84 Å². The fraction of sp³-hybridized carbons (Fsp3) is 0.250. The van der Waals surface area contributed by atoms with E-state index in [1.54, 1.807) is 6.08 Å². The highest BCUT2D eigenvalue weighted by molar-refractivity contribution is 8.26. The van der Waals surface area contributed by atoms with E-state index in [0.717, 1.165) is 29.0 Å². The Kier molecular flexibility index (Phi) is 3.94. The van der Waals surface area contributed by atoms with Crippen molar-refractivity contribution in [3.05, 3.63) is 41.0 Å². The minimum atomic E-state index is -0.378. The minimum Gasteiger partial charge on any atom is -0.282 e. The van der Waals surface area contributed by atoms with Crippen molar-refractivity contribution in [2.45, 2.75) is 26.7 Å². The topological polar surface area (TPSA) is 68.9 Å². The number of rotatable bonds is 3. The second-order valence-electron chi connectivity index (χ2n) is 5.17. The number of amides is 1. The molecule has 2 heterocycles. The van der Waals surface area contributed by atoms with Gasteiger partial charge in [0.2, 0.25) is 5.17 Å². The summed E-state index contributed by atoms with van der Waals surface area (Å²) in [7, 11) is 0. The van der Waals surface area contributed by atoms with Gasteiger partial charge in [-0.05, 0) is 43.2 Å². The van der Waals surface area contributed by atoms with Crippen molar-refractivity contribution in [2.24, 2.45) is 10.1 Å². The molecular weight excluding hydrogens is 296 g/mol. The molecule has 2 aliphatic heterocycles. The number of aryl methyl sites for hydroxylation is 1. The number of fused-ring (bicyclic) bond motifs is 1. The number of carbonyl (C=O) groups is 1. The van der Waals surface area contributed by atoms with Gasteiger partial charge in [-0.3, -0.25) is 10.2 Å². The molecule has 6 heteroatoms. The van der Waals surface area contributed by atoms with Gasteiger partial charge in [-0.2, -0.15) is 15.1 Å². The summed E-state index contributed by atoms with van der Waals surface area (Å²) < 4.78 is 0. The van der Waals surface area contributed by atoms with Crippen LogP contribution in [0.2, 0.25) is 0 Å². The maximum Gasteiger partial charge on any atom is 0.283 e. The second-order valence-corrected chi connectivity index (χ2v) is 6.21. The average molecular weight is 312 g/mol. The maximum absolute atomic E-state index is 12.2. The number of hydrogen-bond acceptors (Lipinski definition) is 4. The first-order chi connectivity index (χ1) is 10.6. The van der Waals surface area contributed by atoms with Crippen LogP contribution in [0.25, 0.3) is 6.08 Å². The molecule has 0 bridgehead atoms. The summed E-state index contributed by atoms with van der Waals surface area (Å²) in [5.74, 6) is -0.286. The molecule has 3 rings (SSSR count). The smallest absolute Gasteiger partial charge is 0.282 e. The summed E-state index contributed by atoms with van der Waals surface area (Å²) in [5, 5.41) is 15.5. The fourth-order valence-corrected chi connectivity index (χ4v) is 3.16. The molecule has 1 N–H and O–H groups in total. The lowest BCUT2D eigenvalue weighted by molar-refractivity contribution is -0.114. The molecule has 22 heavy (non-hydrogen) atoms. The number of carbonyl (C=O) groups excluding carboxylic acids is 1. The van der Waals surface area contributed by atoms with E-state index in [2.05, 4.69) is 17.0 Å². The van der Waals surface area contributed by atoms with Crippen LogP contribution >= 0.6 is 11.8 Å². The van der Waals surface area contributed by atoms with Gasteiger partial charge in [0, 0.05) is 0 Å². The number of nitrogens with one attached hydrogen (secondary N) is 1. The molecule has 1 aromatic carbocycles. The lowest BCUT2D eigenvalue weighted by Crippen LogP contribution is -2.35. The normalized spacial score (nSPS) is 19.4. The molecule has 0 atom stereocenters. The second kappa shape index (κ2) is 5.88. The molecule has 0 aromatic heterocycles. The molecule has 0 fully saturated rings. The van der Waals surface area contributed by atoms with E-state index in [4.69, 9.17) is 5.41 Å². The SMILES string of the molecule is CCCC1=NN2C(=N)/C(=C/c3ccc(C)cc3)C(=O)N=C2S1. The monoisotopic (exact) mass is 312 g/mol. The predicted octanol–water partition coefficient (Wildman–Crippen LogP) is 3.41. The molecule has 0 aliphatic carbocycles. The van der Waals surface area contributed by atoms with Crippen LogP contribution in [0.5, 0.6) is 0 Å². The van der Waals surface area contributed by atoms with Crippen molar-refractivity contribution in [1.82, 2.24) is 5.01 Å².